The van der Waals surface area contributed by atoms with Crippen LogP contribution in [-0.4, -0.2) is 5.97 Å². The third-order valence-electron chi connectivity index (χ3n) is 2.63. The summed E-state index contributed by atoms with van der Waals surface area (Å²) in [6.45, 7) is 3.09. The number of rotatable bonds is 3. The number of carbonyl (C=O) groups is 1. The number of benzene rings is 2. The first kappa shape index (κ1) is 14.8. The normalized spacial score (nSPS) is 10.3. The molecule has 2 rings (SSSR count). The third-order valence-corrected chi connectivity index (χ3v) is 2.63. The average molecular weight is 296 g/mol. The van der Waals surface area contributed by atoms with Gasteiger partial charge in [0.1, 0.15) is 0 Å². The van der Waals surface area contributed by atoms with Crippen LogP contribution in [0.2, 0.25) is 0 Å². The molecule has 0 aliphatic carbocycles. The molecule has 108 valence electrons. The average Bonchev–Trinajstić information content (AvgIpc) is 2.45. The summed E-state index contributed by atoms with van der Waals surface area (Å²) in [5.74, 6) is -6.78. The topological polar surface area (TPSA) is 26.3 Å². The van der Waals surface area contributed by atoms with Gasteiger partial charge in [-0.05, 0) is 23.8 Å². The van der Waals surface area contributed by atoms with Gasteiger partial charge in [0.2, 0.25) is 5.75 Å². The Balaban J connectivity index is 2.51. The van der Waals surface area contributed by atoms with Crippen LogP contribution in [0, 0.1) is 23.3 Å². The van der Waals surface area contributed by atoms with Crippen molar-refractivity contribution in [2.24, 2.45) is 0 Å². The first-order valence-corrected chi connectivity index (χ1v) is 5.71. The molecule has 2 aromatic carbocycles. The van der Waals surface area contributed by atoms with Crippen molar-refractivity contribution >= 4 is 5.97 Å². The highest BCUT2D eigenvalue weighted by Gasteiger charge is 2.18. The Morgan fingerprint density at radius 3 is 2.24 bits per heavy atom. The molecule has 0 amide bonds. The van der Waals surface area contributed by atoms with E-state index in [9.17, 15) is 22.4 Å². The van der Waals surface area contributed by atoms with Crippen molar-refractivity contribution in [3.05, 3.63) is 66.3 Å². The SMILES string of the molecule is C=CC(=O)Oc1c(F)cc(-c2cccc(F)c2F)cc1F. The molecular formula is C15H8F4O2. The summed E-state index contributed by atoms with van der Waals surface area (Å²) in [4.78, 5) is 11.0. The zero-order valence-corrected chi connectivity index (χ0v) is 10.5. The fraction of sp³-hybridized carbons (Fsp3) is 0. The molecule has 0 aliphatic heterocycles. The van der Waals surface area contributed by atoms with Crippen molar-refractivity contribution in [3.8, 4) is 16.9 Å². The maximum Gasteiger partial charge on any atom is 0.335 e. The van der Waals surface area contributed by atoms with Crippen LogP contribution in [0.25, 0.3) is 11.1 Å². The summed E-state index contributed by atoms with van der Waals surface area (Å²) >= 11 is 0. The van der Waals surface area contributed by atoms with E-state index in [4.69, 9.17) is 0 Å². The van der Waals surface area contributed by atoms with Crippen LogP contribution in [-0.2, 0) is 4.79 Å². The number of carbonyl (C=O) groups excluding carboxylic acids is 1. The van der Waals surface area contributed by atoms with Crippen LogP contribution in [0.4, 0.5) is 17.6 Å². The number of hydrogen-bond donors (Lipinski definition) is 0. The lowest BCUT2D eigenvalue weighted by Gasteiger charge is -2.09. The molecule has 0 radical (unpaired) electrons. The van der Waals surface area contributed by atoms with E-state index in [-0.39, 0.29) is 11.1 Å². The van der Waals surface area contributed by atoms with Gasteiger partial charge in [0, 0.05) is 11.6 Å². The number of hydrogen-bond acceptors (Lipinski definition) is 2. The van der Waals surface area contributed by atoms with Crippen LogP contribution in [0.3, 0.4) is 0 Å². The van der Waals surface area contributed by atoms with E-state index < -0.39 is 35.0 Å². The Kier molecular flexibility index (Phi) is 4.07. The standard InChI is InChI=1S/C15H8F4O2/c1-2-13(20)21-15-11(17)6-8(7-12(15)18)9-4-3-5-10(16)14(9)19/h2-7H,1H2. The van der Waals surface area contributed by atoms with Gasteiger partial charge >= 0.3 is 5.97 Å². The quantitative estimate of drug-likeness (QED) is 0.370. The molecule has 0 saturated heterocycles. The Labute approximate surface area is 117 Å². The minimum absolute atomic E-state index is 0.222. The highest BCUT2D eigenvalue weighted by Crippen LogP contribution is 2.31. The lowest BCUT2D eigenvalue weighted by Crippen LogP contribution is -2.07. The van der Waals surface area contributed by atoms with Gasteiger partial charge in [-0.2, -0.15) is 0 Å². The minimum Gasteiger partial charge on any atom is -0.417 e. The van der Waals surface area contributed by atoms with Crippen LogP contribution in [0.1, 0.15) is 0 Å². The highest BCUT2D eigenvalue weighted by atomic mass is 19.2. The largest absolute Gasteiger partial charge is 0.417 e. The second-order valence-electron chi connectivity index (χ2n) is 4.00. The predicted octanol–water partition coefficient (Wildman–Crippen LogP) is 4.00. The summed E-state index contributed by atoms with van der Waals surface area (Å²) in [6, 6.07) is 4.74. The maximum atomic E-state index is 13.8. The van der Waals surface area contributed by atoms with Crippen LogP contribution in [0.15, 0.2) is 43.0 Å². The Morgan fingerprint density at radius 2 is 1.67 bits per heavy atom. The first-order chi connectivity index (χ1) is 9.93. The molecular weight excluding hydrogens is 288 g/mol. The van der Waals surface area contributed by atoms with Gasteiger partial charge in [-0.1, -0.05) is 18.7 Å². The van der Waals surface area contributed by atoms with Gasteiger partial charge in [0.25, 0.3) is 0 Å². The van der Waals surface area contributed by atoms with E-state index >= 15 is 0 Å². The number of halogens is 4. The van der Waals surface area contributed by atoms with E-state index in [1.165, 1.54) is 12.1 Å². The van der Waals surface area contributed by atoms with E-state index in [0.717, 1.165) is 24.3 Å². The second kappa shape index (κ2) is 5.78. The van der Waals surface area contributed by atoms with Gasteiger partial charge < -0.3 is 4.74 Å². The first-order valence-electron chi connectivity index (χ1n) is 5.71. The van der Waals surface area contributed by atoms with E-state index in [0.29, 0.717) is 0 Å². The molecule has 0 bridgehead atoms. The fourth-order valence-corrected chi connectivity index (χ4v) is 1.68. The molecule has 0 N–H and O–H groups in total. The summed E-state index contributed by atoms with van der Waals surface area (Å²) < 4.78 is 58.6. The van der Waals surface area contributed by atoms with Gasteiger partial charge in [0.05, 0.1) is 0 Å². The molecule has 2 aromatic rings. The van der Waals surface area contributed by atoms with Gasteiger partial charge in [-0.25, -0.2) is 22.4 Å². The Hall–Kier alpha value is -2.63. The molecule has 0 aliphatic rings. The van der Waals surface area contributed by atoms with Crippen molar-refractivity contribution in [2.45, 2.75) is 0 Å². The molecule has 0 heterocycles. The molecule has 2 nitrogen and oxygen atoms in total. The maximum absolute atomic E-state index is 13.8. The van der Waals surface area contributed by atoms with Gasteiger partial charge in [-0.15, -0.1) is 0 Å². The van der Waals surface area contributed by atoms with Crippen molar-refractivity contribution in [1.82, 2.24) is 0 Å². The Bertz CT molecular complexity index is 703. The van der Waals surface area contributed by atoms with Crippen molar-refractivity contribution in [1.29, 1.82) is 0 Å². The Morgan fingerprint density at radius 1 is 1.05 bits per heavy atom. The van der Waals surface area contributed by atoms with Crippen molar-refractivity contribution < 1.29 is 27.1 Å². The molecule has 0 aromatic heterocycles. The summed E-state index contributed by atoms with van der Waals surface area (Å²) in [5.41, 5.74) is -0.533. The third kappa shape index (κ3) is 2.94. The minimum atomic E-state index is -1.23. The summed E-state index contributed by atoms with van der Waals surface area (Å²) in [5, 5.41) is 0. The lowest BCUT2D eigenvalue weighted by molar-refractivity contribution is -0.129. The number of ether oxygens (including phenoxy) is 1. The molecule has 6 heteroatoms. The van der Waals surface area contributed by atoms with E-state index in [1.807, 2.05) is 0 Å². The summed E-state index contributed by atoms with van der Waals surface area (Å²) in [7, 11) is 0. The molecule has 0 atom stereocenters. The zero-order valence-electron chi connectivity index (χ0n) is 10.5. The van der Waals surface area contributed by atoms with Gasteiger partial charge in [-0.3, -0.25) is 0 Å². The monoisotopic (exact) mass is 296 g/mol. The summed E-state index contributed by atoms with van der Waals surface area (Å²) in [6.07, 6.45) is 0.735. The second-order valence-corrected chi connectivity index (χ2v) is 4.00. The molecule has 0 unspecified atom stereocenters. The number of esters is 1. The molecule has 0 saturated carbocycles. The predicted molar refractivity (Wildman–Crippen MR) is 67.5 cm³/mol. The smallest absolute Gasteiger partial charge is 0.335 e. The highest BCUT2D eigenvalue weighted by molar-refractivity contribution is 5.83. The fourth-order valence-electron chi connectivity index (χ4n) is 1.68. The van der Waals surface area contributed by atoms with Crippen LogP contribution in [0.5, 0.6) is 5.75 Å². The van der Waals surface area contributed by atoms with E-state index in [2.05, 4.69) is 11.3 Å². The molecule has 21 heavy (non-hydrogen) atoms. The van der Waals surface area contributed by atoms with Gasteiger partial charge in [0.15, 0.2) is 23.3 Å². The van der Waals surface area contributed by atoms with Crippen molar-refractivity contribution in [3.63, 3.8) is 0 Å². The van der Waals surface area contributed by atoms with E-state index in [1.54, 1.807) is 0 Å². The molecule has 0 spiro atoms. The van der Waals surface area contributed by atoms with Crippen molar-refractivity contribution in [2.75, 3.05) is 0 Å². The molecule has 0 fully saturated rings. The van der Waals surface area contributed by atoms with Crippen LogP contribution >= 0.6 is 0 Å². The van der Waals surface area contributed by atoms with Crippen LogP contribution < -0.4 is 4.74 Å². The lowest BCUT2D eigenvalue weighted by atomic mass is 10.0. The zero-order chi connectivity index (χ0) is 15.6.